The summed E-state index contributed by atoms with van der Waals surface area (Å²) in [6, 6.07) is 0. The first kappa shape index (κ1) is 13.3. The van der Waals surface area contributed by atoms with E-state index >= 15 is 0 Å². The van der Waals surface area contributed by atoms with Gasteiger partial charge in [0, 0.05) is 13.7 Å². The first-order chi connectivity index (χ1) is 8.17. The van der Waals surface area contributed by atoms with Gasteiger partial charge in [-0.05, 0) is 5.92 Å². The van der Waals surface area contributed by atoms with Crippen molar-refractivity contribution in [3.8, 4) is 0 Å². The van der Waals surface area contributed by atoms with Crippen LogP contribution in [-0.4, -0.2) is 36.1 Å². The molecule has 1 atom stereocenters. The number of amides is 1. The lowest BCUT2D eigenvalue weighted by Crippen LogP contribution is -2.30. The maximum atomic E-state index is 11.6. The van der Waals surface area contributed by atoms with E-state index in [1.165, 1.54) is 12.4 Å². The van der Waals surface area contributed by atoms with Crippen molar-refractivity contribution in [2.45, 2.75) is 6.92 Å². The van der Waals surface area contributed by atoms with Gasteiger partial charge in [0.15, 0.2) is 5.82 Å². The summed E-state index contributed by atoms with van der Waals surface area (Å²) in [6.07, 6.45) is 2.76. The Morgan fingerprint density at radius 3 is 2.82 bits per heavy atom. The molecule has 1 aromatic heterocycles. The second kappa shape index (κ2) is 6.77. The summed E-state index contributed by atoms with van der Waals surface area (Å²) in [5, 5.41) is 2.75. The molecule has 0 aliphatic heterocycles. The van der Waals surface area contributed by atoms with Crippen LogP contribution in [0.25, 0.3) is 0 Å². The molecule has 0 saturated carbocycles. The smallest absolute Gasteiger partial charge is 0.271 e. The average Bonchev–Trinajstić information content (AvgIpc) is 2.36. The molecule has 0 aromatic carbocycles. The van der Waals surface area contributed by atoms with Crippen molar-refractivity contribution in [1.82, 2.24) is 15.3 Å². The second-order valence-electron chi connectivity index (χ2n) is 3.70. The third-order valence-electron chi connectivity index (χ3n) is 2.09. The number of nitrogen functional groups attached to an aromatic ring is 1. The third kappa shape index (κ3) is 4.33. The fourth-order valence-corrected chi connectivity index (χ4v) is 1.22. The molecular formula is C10H17N5O2. The van der Waals surface area contributed by atoms with Gasteiger partial charge >= 0.3 is 0 Å². The largest absolute Gasteiger partial charge is 0.384 e. The molecule has 0 radical (unpaired) electrons. The van der Waals surface area contributed by atoms with E-state index < -0.39 is 0 Å². The van der Waals surface area contributed by atoms with E-state index in [1.807, 2.05) is 6.92 Å². The van der Waals surface area contributed by atoms with Crippen LogP contribution in [0, 0.1) is 5.92 Å². The van der Waals surface area contributed by atoms with Gasteiger partial charge in [-0.3, -0.25) is 4.79 Å². The number of ether oxygens (including phenoxy) is 1. The number of carbonyl (C=O) groups excluding carboxylic acids is 1. The Kier molecular flexibility index (Phi) is 5.31. The number of carbonyl (C=O) groups is 1. The number of hydrogen-bond acceptors (Lipinski definition) is 6. The Morgan fingerprint density at radius 1 is 1.53 bits per heavy atom. The van der Waals surface area contributed by atoms with Crippen molar-refractivity contribution in [3.63, 3.8) is 0 Å². The fraction of sp³-hybridized carbons (Fsp3) is 0.500. The molecule has 0 fully saturated rings. The molecule has 17 heavy (non-hydrogen) atoms. The maximum Gasteiger partial charge on any atom is 0.271 e. The number of methoxy groups -OCH3 is 1. The van der Waals surface area contributed by atoms with E-state index in [2.05, 4.69) is 20.7 Å². The Labute approximate surface area is 99.7 Å². The van der Waals surface area contributed by atoms with Crippen LogP contribution < -0.4 is 16.6 Å². The second-order valence-corrected chi connectivity index (χ2v) is 3.70. The minimum atomic E-state index is -0.260. The van der Waals surface area contributed by atoms with Gasteiger partial charge in [-0.25, -0.2) is 15.8 Å². The van der Waals surface area contributed by atoms with Crippen LogP contribution >= 0.6 is 0 Å². The highest BCUT2D eigenvalue weighted by Gasteiger charge is 2.09. The summed E-state index contributed by atoms with van der Waals surface area (Å²) in [7, 11) is 1.63. The predicted molar refractivity (Wildman–Crippen MR) is 63.2 cm³/mol. The number of nitrogens with one attached hydrogen (secondary N) is 2. The third-order valence-corrected chi connectivity index (χ3v) is 2.09. The van der Waals surface area contributed by atoms with Gasteiger partial charge in [-0.2, -0.15) is 0 Å². The van der Waals surface area contributed by atoms with Crippen LogP contribution in [0.3, 0.4) is 0 Å². The maximum absolute atomic E-state index is 11.6. The molecule has 7 nitrogen and oxygen atoms in total. The van der Waals surface area contributed by atoms with Crippen molar-refractivity contribution < 1.29 is 9.53 Å². The van der Waals surface area contributed by atoms with E-state index in [0.29, 0.717) is 19.0 Å². The first-order valence-corrected chi connectivity index (χ1v) is 5.23. The number of nitrogens with two attached hydrogens (primary N) is 1. The first-order valence-electron chi connectivity index (χ1n) is 5.23. The summed E-state index contributed by atoms with van der Waals surface area (Å²) in [5.41, 5.74) is 2.60. The van der Waals surface area contributed by atoms with E-state index in [0.717, 1.165) is 0 Å². The topological polar surface area (TPSA) is 102 Å². The van der Waals surface area contributed by atoms with Crippen LogP contribution in [0.2, 0.25) is 0 Å². The highest BCUT2D eigenvalue weighted by atomic mass is 16.5. The standard InChI is InChI=1S/C10H17N5O2/c1-7(6-17-2)3-14-10(16)8-4-13-9(15-11)5-12-8/h4-5,7H,3,6,11H2,1-2H3,(H,13,15)(H,14,16). The number of aromatic nitrogens is 2. The number of hydrogen-bond donors (Lipinski definition) is 3. The molecule has 0 aliphatic rings. The zero-order valence-electron chi connectivity index (χ0n) is 9.93. The monoisotopic (exact) mass is 239 g/mol. The van der Waals surface area contributed by atoms with Crippen molar-refractivity contribution >= 4 is 11.7 Å². The molecule has 1 aromatic rings. The highest BCUT2D eigenvalue weighted by Crippen LogP contribution is 1.99. The summed E-state index contributed by atoms with van der Waals surface area (Å²) >= 11 is 0. The fourth-order valence-electron chi connectivity index (χ4n) is 1.22. The summed E-state index contributed by atoms with van der Waals surface area (Å²) in [6.45, 7) is 3.12. The van der Waals surface area contributed by atoms with Gasteiger partial charge in [-0.15, -0.1) is 0 Å². The Balaban J connectivity index is 2.46. The quantitative estimate of drug-likeness (QED) is 0.468. The van der Waals surface area contributed by atoms with Crippen LogP contribution in [0.4, 0.5) is 5.82 Å². The molecule has 0 bridgehead atoms. The molecule has 4 N–H and O–H groups in total. The van der Waals surface area contributed by atoms with Gasteiger partial charge < -0.3 is 15.5 Å². The minimum Gasteiger partial charge on any atom is -0.384 e. The summed E-state index contributed by atoms with van der Waals surface area (Å²) in [4.78, 5) is 19.5. The van der Waals surface area contributed by atoms with Crippen LogP contribution in [0.15, 0.2) is 12.4 Å². The van der Waals surface area contributed by atoms with E-state index in [9.17, 15) is 4.79 Å². The highest BCUT2D eigenvalue weighted by molar-refractivity contribution is 5.91. The Morgan fingerprint density at radius 2 is 2.29 bits per heavy atom. The molecule has 0 aliphatic carbocycles. The number of hydrazine groups is 1. The molecule has 1 rings (SSSR count). The molecule has 0 saturated heterocycles. The Hall–Kier alpha value is -1.73. The molecule has 94 valence electrons. The number of anilines is 1. The molecule has 0 spiro atoms. The van der Waals surface area contributed by atoms with Crippen LogP contribution in [0.5, 0.6) is 0 Å². The van der Waals surface area contributed by atoms with Crippen molar-refractivity contribution in [2.24, 2.45) is 11.8 Å². The SMILES string of the molecule is COCC(C)CNC(=O)c1cnc(NN)cn1. The van der Waals surface area contributed by atoms with Gasteiger partial charge in [0.2, 0.25) is 0 Å². The minimum absolute atomic E-state index is 0.252. The Bertz CT molecular complexity index is 354. The molecule has 1 unspecified atom stereocenters. The van der Waals surface area contributed by atoms with E-state index in [1.54, 1.807) is 7.11 Å². The van der Waals surface area contributed by atoms with E-state index in [4.69, 9.17) is 10.6 Å². The van der Waals surface area contributed by atoms with Gasteiger partial charge in [-0.1, -0.05) is 6.92 Å². The average molecular weight is 239 g/mol. The van der Waals surface area contributed by atoms with Crippen LogP contribution in [-0.2, 0) is 4.74 Å². The molecular weight excluding hydrogens is 222 g/mol. The summed E-state index contributed by atoms with van der Waals surface area (Å²) < 4.78 is 4.97. The van der Waals surface area contributed by atoms with E-state index in [-0.39, 0.29) is 17.5 Å². The van der Waals surface area contributed by atoms with Gasteiger partial charge in [0.1, 0.15) is 5.69 Å². The van der Waals surface area contributed by atoms with Gasteiger partial charge in [0.25, 0.3) is 5.91 Å². The number of rotatable bonds is 6. The lowest BCUT2D eigenvalue weighted by atomic mass is 10.2. The molecule has 7 heteroatoms. The predicted octanol–water partition coefficient (Wildman–Crippen LogP) is -0.225. The lowest BCUT2D eigenvalue weighted by molar-refractivity contribution is 0.0929. The zero-order valence-corrected chi connectivity index (χ0v) is 9.93. The van der Waals surface area contributed by atoms with Gasteiger partial charge in [0.05, 0.1) is 19.0 Å². The normalized spacial score (nSPS) is 11.9. The van der Waals surface area contributed by atoms with Crippen molar-refractivity contribution in [3.05, 3.63) is 18.1 Å². The van der Waals surface area contributed by atoms with Crippen molar-refractivity contribution in [2.75, 3.05) is 25.7 Å². The molecule has 1 heterocycles. The van der Waals surface area contributed by atoms with Crippen molar-refractivity contribution in [1.29, 1.82) is 0 Å². The summed E-state index contributed by atoms with van der Waals surface area (Å²) in [5.74, 6) is 5.54. The number of nitrogens with zero attached hydrogens (tertiary/aromatic N) is 2. The van der Waals surface area contributed by atoms with Crippen LogP contribution in [0.1, 0.15) is 17.4 Å². The molecule has 1 amide bonds. The zero-order chi connectivity index (χ0) is 12.7. The lowest BCUT2D eigenvalue weighted by Gasteiger charge is -2.11.